The van der Waals surface area contributed by atoms with Crippen LogP contribution in [0.5, 0.6) is 0 Å². The largest absolute Gasteiger partial charge is 0.393 e. The number of nitrogens with zero attached hydrogens (tertiary/aromatic N) is 3. The number of nitrogens with two attached hydrogens (primary N) is 1. The Kier molecular flexibility index (Phi) is 4.91. The summed E-state index contributed by atoms with van der Waals surface area (Å²) in [6.45, 7) is 3.13. The minimum Gasteiger partial charge on any atom is -0.393 e. The molecule has 21 heavy (non-hydrogen) atoms. The van der Waals surface area contributed by atoms with Gasteiger partial charge in [0.05, 0.1) is 16.7 Å². The van der Waals surface area contributed by atoms with Gasteiger partial charge in [0.1, 0.15) is 0 Å². The average molecular weight is 306 g/mol. The van der Waals surface area contributed by atoms with Crippen molar-refractivity contribution in [3.63, 3.8) is 0 Å². The molecule has 0 spiro atoms. The van der Waals surface area contributed by atoms with Crippen molar-refractivity contribution in [2.45, 2.75) is 57.5 Å². The van der Waals surface area contributed by atoms with Crippen molar-refractivity contribution >= 4 is 17.2 Å². The SMILES string of the molecule is NC(=S)C1CCN(Cc2ccn(C3CCCCC3)n2)CC1. The highest BCUT2D eigenvalue weighted by atomic mass is 32.1. The molecule has 1 saturated carbocycles. The molecular weight excluding hydrogens is 280 g/mol. The summed E-state index contributed by atoms with van der Waals surface area (Å²) < 4.78 is 2.20. The number of hydrogen-bond acceptors (Lipinski definition) is 3. The average Bonchev–Trinajstić information content (AvgIpc) is 2.97. The Balaban J connectivity index is 1.52. The fourth-order valence-corrected chi connectivity index (χ4v) is 3.85. The number of likely N-dealkylation sites (tertiary alicyclic amines) is 1. The highest BCUT2D eigenvalue weighted by Crippen LogP contribution is 2.27. The van der Waals surface area contributed by atoms with Crippen molar-refractivity contribution in [2.24, 2.45) is 11.7 Å². The maximum Gasteiger partial charge on any atom is 0.0764 e. The highest BCUT2D eigenvalue weighted by Gasteiger charge is 2.22. The highest BCUT2D eigenvalue weighted by molar-refractivity contribution is 7.80. The Hall–Kier alpha value is -0.940. The smallest absolute Gasteiger partial charge is 0.0764 e. The second-order valence-electron chi connectivity index (χ2n) is 6.53. The molecule has 1 aromatic heterocycles. The van der Waals surface area contributed by atoms with Gasteiger partial charge in [0.15, 0.2) is 0 Å². The van der Waals surface area contributed by atoms with Gasteiger partial charge in [-0.3, -0.25) is 9.58 Å². The lowest BCUT2D eigenvalue weighted by molar-refractivity contribution is 0.199. The van der Waals surface area contributed by atoms with Crippen molar-refractivity contribution in [1.29, 1.82) is 0 Å². The molecule has 1 aromatic rings. The first kappa shape index (κ1) is 15.0. The molecule has 4 nitrogen and oxygen atoms in total. The van der Waals surface area contributed by atoms with E-state index in [0.29, 0.717) is 16.9 Å². The standard InChI is InChI=1S/C16H26N4S/c17-16(21)13-6-9-19(10-7-13)12-14-8-11-20(18-14)15-4-2-1-3-5-15/h8,11,13,15H,1-7,9-10,12H2,(H2,17,21). The minimum atomic E-state index is 0.441. The number of hydrogen-bond donors (Lipinski definition) is 1. The van der Waals surface area contributed by atoms with Crippen molar-refractivity contribution in [1.82, 2.24) is 14.7 Å². The van der Waals surface area contributed by atoms with Crippen LogP contribution in [0.2, 0.25) is 0 Å². The molecule has 3 rings (SSSR count). The zero-order valence-electron chi connectivity index (χ0n) is 12.7. The molecule has 0 unspecified atom stereocenters. The first-order valence-corrected chi connectivity index (χ1v) is 8.69. The summed E-state index contributed by atoms with van der Waals surface area (Å²) in [5.41, 5.74) is 6.95. The third-order valence-corrected chi connectivity index (χ3v) is 5.32. The van der Waals surface area contributed by atoms with Crippen molar-refractivity contribution < 1.29 is 0 Å². The quantitative estimate of drug-likeness (QED) is 0.869. The summed E-state index contributed by atoms with van der Waals surface area (Å²) in [5.74, 6) is 0.441. The van der Waals surface area contributed by atoms with Crippen LogP contribution in [0, 0.1) is 5.92 Å². The molecule has 1 aliphatic heterocycles. The third-order valence-electron chi connectivity index (χ3n) is 4.99. The molecule has 2 aliphatic rings. The molecular formula is C16H26N4S. The topological polar surface area (TPSA) is 47.1 Å². The molecule has 0 bridgehead atoms. The molecule has 1 aliphatic carbocycles. The van der Waals surface area contributed by atoms with Gasteiger partial charge in [0, 0.05) is 18.7 Å². The normalized spacial score (nSPS) is 22.5. The molecule has 0 amide bonds. The lowest BCUT2D eigenvalue weighted by Gasteiger charge is -2.30. The molecule has 2 N–H and O–H groups in total. The van der Waals surface area contributed by atoms with Gasteiger partial charge in [-0.1, -0.05) is 31.5 Å². The Bertz CT molecular complexity index is 470. The van der Waals surface area contributed by atoms with Crippen molar-refractivity contribution in [3.8, 4) is 0 Å². The molecule has 2 fully saturated rings. The van der Waals surface area contributed by atoms with Crippen LogP contribution >= 0.6 is 12.2 Å². The van der Waals surface area contributed by atoms with Gasteiger partial charge >= 0.3 is 0 Å². The summed E-state index contributed by atoms with van der Waals surface area (Å²) in [4.78, 5) is 3.17. The van der Waals surface area contributed by atoms with E-state index in [4.69, 9.17) is 23.1 Å². The van der Waals surface area contributed by atoms with Gasteiger partial charge in [-0.05, 0) is 44.8 Å². The number of piperidine rings is 1. The fraction of sp³-hybridized carbons (Fsp3) is 0.750. The first-order chi connectivity index (χ1) is 10.2. The summed E-state index contributed by atoms with van der Waals surface area (Å²) in [5, 5.41) is 4.81. The molecule has 0 atom stereocenters. The van der Waals surface area contributed by atoms with Crippen LogP contribution < -0.4 is 5.73 Å². The number of rotatable bonds is 4. The van der Waals surface area contributed by atoms with Crippen LogP contribution in [0.4, 0.5) is 0 Å². The number of thiocarbonyl (C=S) groups is 1. The molecule has 5 heteroatoms. The van der Waals surface area contributed by atoms with E-state index in [1.165, 1.54) is 37.8 Å². The molecule has 116 valence electrons. The van der Waals surface area contributed by atoms with Gasteiger partial charge in [-0.25, -0.2) is 0 Å². The second-order valence-corrected chi connectivity index (χ2v) is 7.00. The van der Waals surface area contributed by atoms with E-state index in [9.17, 15) is 0 Å². The zero-order chi connectivity index (χ0) is 14.7. The van der Waals surface area contributed by atoms with Crippen LogP contribution in [-0.2, 0) is 6.54 Å². The monoisotopic (exact) mass is 306 g/mol. The molecule has 1 saturated heterocycles. The fourth-order valence-electron chi connectivity index (χ4n) is 3.62. The Morgan fingerprint density at radius 3 is 2.57 bits per heavy atom. The lowest BCUT2D eigenvalue weighted by Crippen LogP contribution is -2.37. The Labute approximate surface area is 132 Å². The van der Waals surface area contributed by atoms with Crippen LogP contribution in [0.15, 0.2) is 12.3 Å². The van der Waals surface area contributed by atoms with Crippen molar-refractivity contribution in [3.05, 3.63) is 18.0 Å². The summed E-state index contributed by atoms with van der Waals surface area (Å²) in [7, 11) is 0. The Morgan fingerprint density at radius 2 is 1.90 bits per heavy atom. The van der Waals surface area contributed by atoms with E-state index in [2.05, 4.69) is 21.8 Å². The predicted molar refractivity (Wildman–Crippen MR) is 89.1 cm³/mol. The first-order valence-electron chi connectivity index (χ1n) is 8.28. The van der Waals surface area contributed by atoms with E-state index < -0.39 is 0 Å². The lowest BCUT2D eigenvalue weighted by atomic mass is 9.96. The van der Waals surface area contributed by atoms with Gasteiger partial charge in [-0.15, -0.1) is 0 Å². The second kappa shape index (κ2) is 6.88. The van der Waals surface area contributed by atoms with E-state index in [1.54, 1.807) is 0 Å². The third kappa shape index (κ3) is 3.83. The van der Waals surface area contributed by atoms with Gasteiger partial charge < -0.3 is 5.73 Å². The minimum absolute atomic E-state index is 0.441. The number of aromatic nitrogens is 2. The maximum absolute atomic E-state index is 5.75. The van der Waals surface area contributed by atoms with E-state index in [-0.39, 0.29) is 0 Å². The van der Waals surface area contributed by atoms with Gasteiger partial charge in [-0.2, -0.15) is 5.10 Å². The van der Waals surface area contributed by atoms with Crippen LogP contribution in [0.25, 0.3) is 0 Å². The summed E-state index contributed by atoms with van der Waals surface area (Å²) in [6.07, 6.45) is 11.0. The summed E-state index contributed by atoms with van der Waals surface area (Å²) in [6, 6.07) is 2.82. The van der Waals surface area contributed by atoms with E-state index >= 15 is 0 Å². The summed E-state index contributed by atoms with van der Waals surface area (Å²) >= 11 is 5.10. The van der Waals surface area contributed by atoms with Gasteiger partial charge in [0.2, 0.25) is 0 Å². The van der Waals surface area contributed by atoms with Crippen LogP contribution in [0.1, 0.15) is 56.7 Å². The zero-order valence-corrected chi connectivity index (χ0v) is 13.5. The van der Waals surface area contributed by atoms with Gasteiger partial charge in [0.25, 0.3) is 0 Å². The van der Waals surface area contributed by atoms with E-state index in [0.717, 1.165) is 32.5 Å². The van der Waals surface area contributed by atoms with Crippen LogP contribution in [-0.4, -0.2) is 32.8 Å². The molecule has 0 radical (unpaired) electrons. The van der Waals surface area contributed by atoms with E-state index in [1.807, 2.05) is 0 Å². The predicted octanol–water partition coefficient (Wildman–Crippen LogP) is 2.89. The molecule has 2 heterocycles. The Morgan fingerprint density at radius 1 is 1.19 bits per heavy atom. The maximum atomic E-state index is 5.75. The van der Waals surface area contributed by atoms with Crippen LogP contribution in [0.3, 0.4) is 0 Å². The molecule has 0 aromatic carbocycles. The van der Waals surface area contributed by atoms with Crippen molar-refractivity contribution in [2.75, 3.05) is 13.1 Å².